The molecule has 0 nitrogen and oxygen atoms in total. The Kier molecular flexibility index (Phi) is 4.94. The van der Waals surface area contributed by atoms with E-state index in [9.17, 15) is 8.78 Å². The van der Waals surface area contributed by atoms with Crippen molar-refractivity contribution >= 4 is 27.5 Å². The maximum atomic E-state index is 13.2. The summed E-state index contributed by atoms with van der Waals surface area (Å²) >= 11 is 9.32. The van der Waals surface area contributed by atoms with E-state index in [1.54, 1.807) is 6.07 Å². The maximum absolute atomic E-state index is 13.2. The predicted molar refractivity (Wildman–Crippen MR) is 78.0 cm³/mol. The molecule has 0 bridgehead atoms. The van der Waals surface area contributed by atoms with E-state index >= 15 is 0 Å². The first kappa shape index (κ1) is 14.5. The summed E-state index contributed by atoms with van der Waals surface area (Å²) in [6.45, 7) is 0. The average Bonchev–Trinajstić information content (AvgIpc) is 2.41. The topological polar surface area (TPSA) is 0 Å². The van der Waals surface area contributed by atoms with Gasteiger partial charge in [0.2, 0.25) is 0 Å². The van der Waals surface area contributed by atoms with Crippen LogP contribution >= 0.6 is 27.5 Å². The third-order valence-corrected chi connectivity index (χ3v) is 4.03. The molecule has 2 rings (SSSR count). The van der Waals surface area contributed by atoms with Gasteiger partial charge >= 0.3 is 0 Å². The lowest BCUT2D eigenvalue weighted by Gasteiger charge is -2.15. The first-order valence-corrected chi connectivity index (χ1v) is 7.35. The van der Waals surface area contributed by atoms with E-state index in [4.69, 9.17) is 11.6 Å². The van der Waals surface area contributed by atoms with Crippen molar-refractivity contribution in [3.05, 3.63) is 70.2 Å². The summed E-state index contributed by atoms with van der Waals surface area (Å²) in [5.74, 6) is -1.42. The van der Waals surface area contributed by atoms with E-state index in [2.05, 4.69) is 15.9 Å². The van der Waals surface area contributed by atoms with Gasteiger partial charge in [0.15, 0.2) is 11.6 Å². The Bertz CT molecular complexity index is 555. The second-order valence-corrected chi connectivity index (χ2v) is 5.44. The fourth-order valence-electron chi connectivity index (χ4n) is 1.95. The third-order valence-electron chi connectivity index (χ3n) is 2.99. The number of alkyl halides is 1. The molecule has 2 aromatic carbocycles. The smallest absolute Gasteiger partial charge is 0.159 e. The molecule has 0 saturated heterocycles. The van der Waals surface area contributed by atoms with Gasteiger partial charge in [-0.3, -0.25) is 0 Å². The van der Waals surface area contributed by atoms with Gasteiger partial charge in [0.25, 0.3) is 0 Å². The van der Waals surface area contributed by atoms with Crippen LogP contribution in [0.4, 0.5) is 8.78 Å². The molecule has 2 aromatic rings. The average molecular weight is 346 g/mol. The first-order valence-electron chi connectivity index (χ1n) is 5.85. The molecule has 0 amide bonds. The molecule has 0 N–H and O–H groups in total. The van der Waals surface area contributed by atoms with E-state index in [-0.39, 0.29) is 5.92 Å². The minimum absolute atomic E-state index is 0.196. The molecular formula is C15H12BrClF2. The minimum Gasteiger partial charge on any atom is -0.204 e. The lowest BCUT2D eigenvalue weighted by molar-refractivity contribution is 0.506. The summed E-state index contributed by atoms with van der Waals surface area (Å²) in [5.41, 5.74) is 1.89. The summed E-state index contributed by atoms with van der Waals surface area (Å²) in [6, 6.07) is 11.6. The van der Waals surface area contributed by atoms with Crippen molar-refractivity contribution in [3.8, 4) is 0 Å². The molecule has 0 aliphatic rings. The van der Waals surface area contributed by atoms with Crippen LogP contribution in [-0.4, -0.2) is 5.33 Å². The Morgan fingerprint density at radius 2 is 1.68 bits per heavy atom. The molecule has 0 aromatic heterocycles. The van der Waals surface area contributed by atoms with Gasteiger partial charge in [-0.15, -0.1) is 0 Å². The SMILES string of the molecule is Fc1ccc(CC(CBr)c2ccc(Cl)cc2)cc1F. The largest absolute Gasteiger partial charge is 0.204 e. The van der Waals surface area contributed by atoms with Gasteiger partial charge in [-0.25, -0.2) is 8.78 Å². The van der Waals surface area contributed by atoms with Crippen LogP contribution in [0, 0.1) is 11.6 Å². The van der Waals surface area contributed by atoms with E-state index < -0.39 is 11.6 Å². The standard InChI is InChI=1S/C15H12BrClF2/c16-9-12(11-2-4-13(17)5-3-11)7-10-1-6-14(18)15(19)8-10/h1-6,8,12H,7,9H2. The zero-order chi connectivity index (χ0) is 13.8. The molecule has 0 radical (unpaired) electrons. The highest BCUT2D eigenvalue weighted by Crippen LogP contribution is 2.25. The second kappa shape index (κ2) is 6.49. The van der Waals surface area contributed by atoms with Crippen LogP contribution in [0.2, 0.25) is 5.02 Å². The predicted octanol–water partition coefficient (Wildman–Crippen LogP) is 5.34. The molecular weight excluding hydrogens is 334 g/mol. The molecule has 100 valence electrons. The number of hydrogen-bond donors (Lipinski definition) is 0. The number of hydrogen-bond acceptors (Lipinski definition) is 0. The third kappa shape index (κ3) is 3.77. The lowest BCUT2D eigenvalue weighted by Crippen LogP contribution is -2.05. The highest BCUT2D eigenvalue weighted by molar-refractivity contribution is 9.09. The van der Waals surface area contributed by atoms with Gasteiger partial charge in [-0.1, -0.05) is 45.7 Å². The van der Waals surface area contributed by atoms with Crippen LogP contribution in [0.1, 0.15) is 17.0 Å². The molecule has 0 aliphatic heterocycles. The Hall–Kier alpha value is -0.930. The number of benzene rings is 2. The molecule has 0 aliphatic carbocycles. The molecule has 1 atom stereocenters. The monoisotopic (exact) mass is 344 g/mol. The van der Waals surface area contributed by atoms with E-state index in [1.165, 1.54) is 6.07 Å². The molecule has 0 fully saturated rings. The maximum Gasteiger partial charge on any atom is 0.159 e. The van der Waals surface area contributed by atoms with Crippen molar-refractivity contribution in [1.82, 2.24) is 0 Å². The summed E-state index contributed by atoms with van der Waals surface area (Å²) < 4.78 is 26.1. The van der Waals surface area contributed by atoms with Crippen LogP contribution in [0.3, 0.4) is 0 Å². The van der Waals surface area contributed by atoms with E-state index in [1.807, 2.05) is 24.3 Å². The van der Waals surface area contributed by atoms with Crippen LogP contribution in [0.25, 0.3) is 0 Å². The summed E-state index contributed by atoms with van der Waals surface area (Å²) in [4.78, 5) is 0. The number of halogens is 4. The Labute approximate surface area is 124 Å². The zero-order valence-corrected chi connectivity index (χ0v) is 12.4. The van der Waals surface area contributed by atoms with Crippen molar-refractivity contribution in [3.63, 3.8) is 0 Å². The van der Waals surface area contributed by atoms with Gasteiger partial charge in [0.05, 0.1) is 0 Å². The summed E-state index contributed by atoms with van der Waals surface area (Å²) in [5, 5.41) is 1.43. The van der Waals surface area contributed by atoms with E-state index in [0.29, 0.717) is 11.4 Å². The lowest BCUT2D eigenvalue weighted by atomic mass is 9.94. The molecule has 19 heavy (non-hydrogen) atoms. The summed E-state index contributed by atoms with van der Waals surface area (Å²) in [7, 11) is 0. The fraction of sp³-hybridized carbons (Fsp3) is 0.200. The summed E-state index contributed by atoms with van der Waals surface area (Å²) in [6.07, 6.45) is 0.643. The fourth-order valence-corrected chi connectivity index (χ4v) is 2.68. The van der Waals surface area contributed by atoms with Gasteiger partial charge in [-0.05, 0) is 47.7 Å². The minimum atomic E-state index is -0.814. The van der Waals surface area contributed by atoms with Crippen LogP contribution in [-0.2, 0) is 6.42 Å². The van der Waals surface area contributed by atoms with Crippen LogP contribution < -0.4 is 0 Å². The van der Waals surface area contributed by atoms with Crippen LogP contribution in [0.15, 0.2) is 42.5 Å². The van der Waals surface area contributed by atoms with Crippen molar-refractivity contribution < 1.29 is 8.78 Å². The van der Waals surface area contributed by atoms with Gasteiger partial charge in [-0.2, -0.15) is 0 Å². The molecule has 0 spiro atoms. The molecule has 0 saturated carbocycles. The Balaban J connectivity index is 2.18. The van der Waals surface area contributed by atoms with E-state index in [0.717, 1.165) is 22.5 Å². The highest BCUT2D eigenvalue weighted by atomic mass is 79.9. The van der Waals surface area contributed by atoms with Gasteiger partial charge in [0.1, 0.15) is 0 Å². The number of rotatable bonds is 4. The van der Waals surface area contributed by atoms with Gasteiger partial charge in [0, 0.05) is 10.4 Å². The zero-order valence-electron chi connectivity index (χ0n) is 10.0. The molecule has 4 heteroatoms. The van der Waals surface area contributed by atoms with Crippen molar-refractivity contribution in [2.24, 2.45) is 0 Å². The van der Waals surface area contributed by atoms with Crippen LogP contribution in [0.5, 0.6) is 0 Å². The normalized spacial score (nSPS) is 12.4. The van der Waals surface area contributed by atoms with Crippen molar-refractivity contribution in [1.29, 1.82) is 0 Å². The van der Waals surface area contributed by atoms with Crippen molar-refractivity contribution in [2.45, 2.75) is 12.3 Å². The highest BCUT2D eigenvalue weighted by Gasteiger charge is 2.12. The molecule has 1 unspecified atom stereocenters. The Morgan fingerprint density at radius 3 is 2.26 bits per heavy atom. The Morgan fingerprint density at radius 1 is 1.00 bits per heavy atom. The van der Waals surface area contributed by atoms with Gasteiger partial charge < -0.3 is 0 Å². The quantitative estimate of drug-likeness (QED) is 0.656. The first-order chi connectivity index (χ1) is 9.10. The second-order valence-electron chi connectivity index (χ2n) is 4.36. The van der Waals surface area contributed by atoms with Crippen molar-refractivity contribution in [2.75, 3.05) is 5.33 Å². The molecule has 0 heterocycles.